The maximum Gasteiger partial charge on any atom is 0.223 e. The summed E-state index contributed by atoms with van der Waals surface area (Å²) in [6.07, 6.45) is 9.26. The number of hydrogen-bond acceptors (Lipinski definition) is 8. The number of fused-ring (bicyclic) bond motifs is 1. The first-order valence-corrected chi connectivity index (χ1v) is 14.1. The first-order chi connectivity index (χ1) is 16.3. The van der Waals surface area contributed by atoms with E-state index < -0.39 is 16.2 Å². The van der Waals surface area contributed by atoms with Gasteiger partial charge in [-0.05, 0) is 32.6 Å². The molecule has 0 unspecified atom stereocenters. The molecular formula is C23H32N6O4S. The lowest BCUT2D eigenvalue weighted by Gasteiger charge is -2.41. The molecule has 1 saturated heterocycles. The van der Waals surface area contributed by atoms with Crippen molar-refractivity contribution in [2.75, 3.05) is 16.8 Å². The summed E-state index contributed by atoms with van der Waals surface area (Å²) in [5, 5.41) is 16.6. The standard InChI is InChI=1S/C23H32N6O4S/c1-2-29-21-18(13-25-29)20(26-16-5-7-34(31,32)8-6-16)17(12-24-21)19-11-23(33-28-19)9-14(10-23)22(30)27-15-3-4-15/h12-16,31-32H,2-11H2,1H3,(H,24,26)(H,27,30). The van der Waals surface area contributed by atoms with E-state index in [1.807, 2.05) is 24.0 Å². The molecule has 2 aliphatic heterocycles. The minimum atomic E-state index is -2.45. The normalized spacial score (nSPS) is 25.0. The van der Waals surface area contributed by atoms with Gasteiger partial charge in [-0.25, -0.2) is 9.67 Å². The Morgan fingerprint density at radius 2 is 1.97 bits per heavy atom. The number of carbonyl (C=O) groups excluding carboxylic acids is 1. The Morgan fingerprint density at radius 3 is 2.68 bits per heavy atom. The third-order valence-corrected chi connectivity index (χ3v) is 9.36. The molecular weight excluding hydrogens is 456 g/mol. The van der Waals surface area contributed by atoms with Crippen LogP contribution in [-0.2, 0) is 16.2 Å². The number of amides is 1. The largest absolute Gasteiger partial charge is 0.388 e. The smallest absolute Gasteiger partial charge is 0.223 e. The molecule has 4 aliphatic rings. The summed E-state index contributed by atoms with van der Waals surface area (Å²) >= 11 is 0. The SMILES string of the molecule is CCn1ncc2c(NC3CCS(O)(O)CC3)c(C3=NOC4(C3)CC(C(=O)NC3CC3)C4)cnc21. The molecule has 0 atom stereocenters. The zero-order valence-corrected chi connectivity index (χ0v) is 20.2. The van der Waals surface area contributed by atoms with E-state index in [9.17, 15) is 13.9 Å². The summed E-state index contributed by atoms with van der Waals surface area (Å²) < 4.78 is 21.9. The fourth-order valence-electron chi connectivity index (χ4n) is 5.34. The third-order valence-electron chi connectivity index (χ3n) is 7.58. The van der Waals surface area contributed by atoms with Gasteiger partial charge in [-0.2, -0.15) is 15.7 Å². The average Bonchev–Trinajstić information content (AvgIpc) is 3.32. The first-order valence-electron chi connectivity index (χ1n) is 12.3. The average molecular weight is 489 g/mol. The van der Waals surface area contributed by atoms with Crippen LogP contribution in [0, 0.1) is 5.92 Å². The molecule has 3 fully saturated rings. The van der Waals surface area contributed by atoms with Crippen molar-refractivity contribution in [1.82, 2.24) is 20.1 Å². The number of nitrogens with zero attached hydrogens (tertiary/aromatic N) is 4. The summed E-state index contributed by atoms with van der Waals surface area (Å²) in [5.41, 5.74) is 3.06. The number of aromatic nitrogens is 3. The Balaban J connectivity index is 1.23. The van der Waals surface area contributed by atoms with Gasteiger partial charge in [0.25, 0.3) is 0 Å². The molecule has 4 heterocycles. The summed E-state index contributed by atoms with van der Waals surface area (Å²) in [5.74, 6) is 0.976. The van der Waals surface area contributed by atoms with E-state index in [2.05, 4.69) is 20.9 Å². The van der Waals surface area contributed by atoms with Gasteiger partial charge >= 0.3 is 0 Å². The van der Waals surface area contributed by atoms with E-state index in [4.69, 9.17) is 9.82 Å². The van der Waals surface area contributed by atoms with Crippen molar-refractivity contribution in [3.05, 3.63) is 18.0 Å². The summed E-state index contributed by atoms with van der Waals surface area (Å²) in [6.45, 7) is 2.75. The van der Waals surface area contributed by atoms with Crippen molar-refractivity contribution in [1.29, 1.82) is 0 Å². The highest BCUT2D eigenvalue weighted by Gasteiger charge is 2.54. The van der Waals surface area contributed by atoms with Crippen molar-refractivity contribution in [3.63, 3.8) is 0 Å². The van der Waals surface area contributed by atoms with Crippen LogP contribution in [-0.4, -0.2) is 64.7 Å². The maximum absolute atomic E-state index is 12.4. The number of oxime groups is 1. The topological polar surface area (TPSA) is 134 Å². The molecule has 4 N–H and O–H groups in total. The van der Waals surface area contributed by atoms with Gasteiger partial charge in [0.15, 0.2) is 5.65 Å². The molecule has 11 heteroatoms. The molecule has 2 aromatic heterocycles. The highest BCUT2D eigenvalue weighted by atomic mass is 32.3. The van der Waals surface area contributed by atoms with Crippen LogP contribution in [0.3, 0.4) is 0 Å². The Hall–Kier alpha value is -2.37. The quantitative estimate of drug-likeness (QED) is 0.490. The van der Waals surface area contributed by atoms with Gasteiger partial charge in [0.2, 0.25) is 5.91 Å². The molecule has 34 heavy (non-hydrogen) atoms. The summed E-state index contributed by atoms with van der Waals surface area (Å²) in [4.78, 5) is 23.0. The van der Waals surface area contributed by atoms with Crippen molar-refractivity contribution in [2.24, 2.45) is 11.1 Å². The Bertz CT molecular complexity index is 1140. The van der Waals surface area contributed by atoms with Crippen molar-refractivity contribution < 1.29 is 18.7 Å². The number of carbonyl (C=O) groups is 1. The van der Waals surface area contributed by atoms with Crippen LogP contribution in [0.25, 0.3) is 11.0 Å². The molecule has 2 saturated carbocycles. The van der Waals surface area contributed by atoms with Crippen molar-refractivity contribution in [2.45, 2.75) is 76.1 Å². The molecule has 184 valence electrons. The van der Waals surface area contributed by atoms with Crippen LogP contribution in [0.15, 0.2) is 17.5 Å². The fourth-order valence-corrected chi connectivity index (χ4v) is 6.87. The van der Waals surface area contributed by atoms with Gasteiger partial charge in [0.1, 0.15) is 5.60 Å². The van der Waals surface area contributed by atoms with E-state index in [0.29, 0.717) is 49.7 Å². The fraction of sp³-hybridized carbons (Fsp3) is 0.652. The van der Waals surface area contributed by atoms with Crippen molar-refractivity contribution >= 4 is 38.9 Å². The zero-order valence-electron chi connectivity index (χ0n) is 19.4. The van der Waals surface area contributed by atoms with Crippen LogP contribution in [0.1, 0.15) is 57.4 Å². The number of pyridine rings is 1. The maximum atomic E-state index is 12.4. The molecule has 0 radical (unpaired) electrons. The predicted octanol–water partition coefficient (Wildman–Crippen LogP) is 3.33. The summed E-state index contributed by atoms with van der Waals surface area (Å²) in [7, 11) is -2.45. The van der Waals surface area contributed by atoms with Gasteiger partial charge in [0.05, 0.1) is 23.0 Å². The lowest BCUT2D eigenvalue weighted by Crippen LogP contribution is -2.50. The number of rotatable bonds is 6. The first kappa shape index (κ1) is 22.1. The van der Waals surface area contributed by atoms with E-state index in [1.54, 1.807) is 0 Å². The predicted molar refractivity (Wildman–Crippen MR) is 131 cm³/mol. The van der Waals surface area contributed by atoms with Gasteiger partial charge in [-0.15, -0.1) is 0 Å². The lowest BCUT2D eigenvalue weighted by molar-refractivity contribution is -0.147. The van der Waals surface area contributed by atoms with Crippen LogP contribution in [0.2, 0.25) is 0 Å². The van der Waals surface area contributed by atoms with Gasteiger partial charge in [-0.1, -0.05) is 5.16 Å². The van der Waals surface area contributed by atoms with Crippen LogP contribution in [0.5, 0.6) is 0 Å². The molecule has 10 nitrogen and oxygen atoms in total. The molecule has 1 spiro atoms. The molecule has 0 bridgehead atoms. The monoisotopic (exact) mass is 488 g/mol. The van der Waals surface area contributed by atoms with Gasteiger partial charge < -0.3 is 15.5 Å². The van der Waals surface area contributed by atoms with Crippen LogP contribution < -0.4 is 10.6 Å². The Morgan fingerprint density at radius 1 is 1.21 bits per heavy atom. The number of anilines is 1. The molecule has 6 rings (SSSR count). The Kier molecular flexibility index (Phi) is 5.27. The van der Waals surface area contributed by atoms with Crippen LogP contribution >= 0.6 is 10.6 Å². The van der Waals surface area contributed by atoms with E-state index in [1.165, 1.54) is 0 Å². The molecule has 2 aromatic rings. The van der Waals surface area contributed by atoms with Gasteiger partial charge in [-0.3, -0.25) is 13.9 Å². The second kappa shape index (κ2) is 8.10. The molecule has 0 aromatic carbocycles. The van der Waals surface area contributed by atoms with E-state index in [0.717, 1.165) is 47.4 Å². The molecule has 2 aliphatic carbocycles. The van der Waals surface area contributed by atoms with E-state index >= 15 is 0 Å². The van der Waals surface area contributed by atoms with Gasteiger partial charge in [0, 0.05) is 67.1 Å². The zero-order chi connectivity index (χ0) is 23.5. The molecule has 1 amide bonds. The number of hydrogen-bond donors (Lipinski definition) is 4. The van der Waals surface area contributed by atoms with Crippen molar-refractivity contribution in [3.8, 4) is 0 Å². The van der Waals surface area contributed by atoms with E-state index in [-0.39, 0.29) is 17.9 Å². The number of aryl methyl sites for hydroxylation is 1. The minimum Gasteiger partial charge on any atom is -0.388 e. The lowest BCUT2D eigenvalue weighted by atomic mass is 9.68. The summed E-state index contributed by atoms with van der Waals surface area (Å²) in [6, 6.07) is 0.504. The van der Waals surface area contributed by atoms with Crippen LogP contribution in [0.4, 0.5) is 5.69 Å². The highest BCUT2D eigenvalue weighted by molar-refractivity contribution is 8.24. The Labute approximate surface area is 199 Å². The minimum absolute atomic E-state index is 0.00175. The second-order valence-electron chi connectivity index (χ2n) is 10.3. The third kappa shape index (κ3) is 4.03. The second-order valence-corrected chi connectivity index (χ2v) is 12.7. The highest BCUT2D eigenvalue weighted by Crippen LogP contribution is 2.49. The number of nitrogens with one attached hydrogen (secondary N) is 2.